The minimum Gasteiger partial charge on any atom is -0.383 e. The van der Waals surface area contributed by atoms with E-state index in [-0.39, 0.29) is 0 Å². The van der Waals surface area contributed by atoms with Gasteiger partial charge < -0.3 is 5.73 Å². The van der Waals surface area contributed by atoms with Crippen molar-refractivity contribution in [2.45, 2.75) is 0 Å². The van der Waals surface area contributed by atoms with Crippen molar-refractivity contribution in [1.82, 2.24) is 9.78 Å². The molecular weight excluding hydrogens is 358 g/mol. The largest absolute Gasteiger partial charge is 0.383 e. The topological polar surface area (TPSA) is 43.8 Å². The number of halogens is 2. The fourth-order valence-electron chi connectivity index (χ4n) is 2.05. The van der Waals surface area contributed by atoms with E-state index in [1.807, 2.05) is 43.4 Å². The Bertz CT molecular complexity index is 761. The van der Waals surface area contributed by atoms with Gasteiger partial charge in [0.25, 0.3) is 0 Å². The fourth-order valence-corrected chi connectivity index (χ4v) is 3.35. The van der Waals surface area contributed by atoms with Crippen molar-refractivity contribution in [3.05, 3.63) is 45.2 Å². The van der Waals surface area contributed by atoms with E-state index in [2.05, 4.69) is 21.0 Å². The van der Waals surface area contributed by atoms with Crippen LogP contribution >= 0.6 is 38.9 Å². The Hall–Kier alpha value is -1.30. The molecule has 0 saturated carbocycles. The van der Waals surface area contributed by atoms with Crippen LogP contribution in [0.5, 0.6) is 0 Å². The molecule has 0 aliphatic heterocycles. The lowest BCUT2D eigenvalue weighted by molar-refractivity contribution is 0.783. The van der Waals surface area contributed by atoms with Gasteiger partial charge in [0.2, 0.25) is 0 Å². The van der Waals surface area contributed by atoms with Crippen LogP contribution in [-0.2, 0) is 7.05 Å². The van der Waals surface area contributed by atoms with Gasteiger partial charge in [0.15, 0.2) is 0 Å². The molecule has 0 aliphatic carbocycles. The van der Waals surface area contributed by atoms with E-state index in [0.717, 1.165) is 30.5 Å². The van der Waals surface area contributed by atoms with E-state index >= 15 is 0 Å². The van der Waals surface area contributed by atoms with Gasteiger partial charge in [0.05, 0.1) is 14.8 Å². The summed E-state index contributed by atoms with van der Waals surface area (Å²) in [7, 11) is 1.84. The smallest absolute Gasteiger partial charge is 0.129 e. The molecule has 6 heteroatoms. The van der Waals surface area contributed by atoms with Crippen LogP contribution in [0, 0.1) is 0 Å². The van der Waals surface area contributed by atoms with Gasteiger partial charge in [-0.3, -0.25) is 4.68 Å². The summed E-state index contributed by atoms with van der Waals surface area (Å²) in [5, 5.41) is 4.52. The van der Waals surface area contributed by atoms with Crippen molar-refractivity contribution in [2.75, 3.05) is 5.73 Å². The monoisotopic (exact) mass is 367 g/mol. The van der Waals surface area contributed by atoms with Gasteiger partial charge in [-0.1, -0.05) is 39.7 Å². The predicted octanol–water partition coefficient (Wildman–Crippen LogP) is 4.81. The first-order chi connectivity index (χ1) is 9.56. The average molecular weight is 369 g/mol. The molecule has 102 valence electrons. The van der Waals surface area contributed by atoms with Crippen molar-refractivity contribution >= 4 is 44.7 Å². The predicted molar refractivity (Wildman–Crippen MR) is 89.1 cm³/mol. The number of thiophene rings is 1. The molecule has 20 heavy (non-hydrogen) atoms. The molecule has 0 fully saturated rings. The number of nitrogen functional groups attached to an aromatic ring is 1. The lowest BCUT2D eigenvalue weighted by atomic mass is 10.0. The number of hydrogen-bond donors (Lipinski definition) is 1. The van der Waals surface area contributed by atoms with Crippen LogP contribution in [0.4, 0.5) is 5.82 Å². The van der Waals surface area contributed by atoms with Crippen molar-refractivity contribution in [3.8, 4) is 21.7 Å². The summed E-state index contributed by atoms with van der Waals surface area (Å²) in [6.45, 7) is 0. The van der Waals surface area contributed by atoms with Crippen LogP contribution in [0.3, 0.4) is 0 Å². The maximum atomic E-state index is 6.18. The number of nitrogens with zero attached hydrogens (tertiary/aromatic N) is 2. The highest BCUT2D eigenvalue weighted by molar-refractivity contribution is 9.10. The van der Waals surface area contributed by atoms with Crippen LogP contribution in [0.15, 0.2) is 40.9 Å². The Morgan fingerprint density at radius 3 is 2.50 bits per heavy atom. The average Bonchev–Trinajstić information content (AvgIpc) is 2.97. The molecule has 3 rings (SSSR count). The quantitative estimate of drug-likeness (QED) is 0.705. The van der Waals surface area contributed by atoms with Crippen LogP contribution in [-0.4, -0.2) is 9.78 Å². The van der Waals surface area contributed by atoms with Gasteiger partial charge >= 0.3 is 0 Å². The molecule has 0 saturated heterocycles. The zero-order valence-corrected chi connectivity index (χ0v) is 13.8. The Labute approximate surface area is 134 Å². The molecule has 0 unspecified atom stereocenters. The summed E-state index contributed by atoms with van der Waals surface area (Å²) in [4.78, 5) is 1.01. The standard InChI is InChI=1S/C14H11BrClN3S/c1-19-14(17)12(8-2-4-9(15)5-3-8)13(18-19)10-6-7-11(16)20-10/h2-7H,17H2,1H3. The normalized spacial score (nSPS) is 10.9. The second-order valence-electron chi connectivity index (χ2n) is 4.34. The molecule has 1 aromatic carbocycles. The van der Waals surface area contributed by atoms with Gasteiger partial charge in [-0.15, -0.1) is 11.3 Å². The third kappa shape index (κ3) is 2.37. The van der Waals surface area contributed by atoms with Gasteiger partial charge in [0, 0.05) is 11.5 Å². The van der Waals surface area contributed by atoms with E-state index in [1.165, 1.54) is 11.3 Å². The SMILES string of the molecule is Cn1nc(-c2ccc(Cl)s2)c(-c2ccc(Br)cc2)c1N. The van der Waals surface area contributed by atoms with Crippen LogP contribution in [0.1, 0.15) is 0 Å². The molecule has 0 bridgehead atoms. The fraction of sp³-hybridized carbons (Fsp3) is 0.0714. The Balaban J connectivity index is 2.21. The highest BCUT2D eigenvalue weighted by atomic mass is 79.9. The second kappa shape index (κ2) is 5.24. The van der Waals surface area contributed by atoms with Crippen molar-refractivity contribution in [1.29, 1.82) is 0 Å². The van der Waals surface area contributed by atoms with E-state index in [0.29, 0.717) is 5.82 Å². The second-order valence-corrected chi connectivity index (χ2v) is 6.97. The first-order valence-electron chi connectivity index (χ1n) is 5.90. The first kappa shape index (κ1) is 13.7. The van der Waals surface area contributed by atoms with Crippen LogP contribution < -0.4 is 5.73 Å². The summed E-state index contributed by atoms with van der Waals surface area (Å²) in [5.74, 6) is 0.645. The Morgan fingerprint density at radius 1 is 1.20 bits per heavy atom. The minimum absolute atomic E-state index is 0.645. The Kier molecular flexibility index (Phi) is 3.58. The number of aromatic nitrogens is 2. The number of rotatable bonds is 2. The molecule has 0 aliphatic rings. The summed E-state index contributed by atoms with van der Waals surface area (Å²) in [6, 6.07) is 11.9. The highest BCUT2D eigenvalue weighted by Crippen LogP contribution is 2.39. The zero-order valence-electron chi connectivity index (χ0n) is 10.6. The number of nitrogens with two attached hydrogens (primary N) is 1. The number of aryl methyl sites for hydroxylation is 1. The third-order valence-electron chi connectivity index (χ3n) is 3.03. The van der Waals surface area contributed by atoms with Crippen LogP contribution in [0.2, 0.25) is 4.34 Å². The zero-order chi connectivity index (χ0) is 14.3. The molecule has 0 atom stereocenters. The van der Waals surface area contributed by atoms with E-state index in [4.69, 9.17) is 17.3 Å². The van der Waals surface area contributed by atoms with Gasteiger partial charge in [0.1, 0.15) is 11.5 Å². The lowest BCUT2D eigenvalue weighted by Crippen LogP contribution is -1.97. The van der Waals surface area contributed by atoms with Crippen molar-refractivity contribution in [2.24, 2.45) is 7.05 Å². The molecule has 0 amide bonds. The number of benzene rings is 1. The van der Waals surface area contributed by atoms with E-state index in [9.17, 15) is 0 Å². The summed E-state index contributed by atoms with van der Waals surface area (Å²) < 4.78 is 3.47. The molecule has 3 aromatic rings. The first-order valence-corrected chi connectivity index (χ1v) is 7.89. The summed E-state index contributed by atoms with van der Waals surface area (Å²) in [5.41, 5.74) is 9.03. The molecule has 0 radical (unpaired) electrons. The van der Waals surface area contributed by atoms with E-state index in [1.54, 1.807) is 4.68 Å². The molecule has 3 nitrogen and oxygen atoms in total. The van der Waals surface area contributed by atoms with E-state index < -0.39 is 0 Å². The summed E-state index contributed by atoms with van der Waals surface area (Å²) in [6.07, 6.45) is 0. The highest BCUT2D eigenvalue weighted by Gasteiger charge is 2.18. The Morgan fingerprint density at radius 2 is 1.90 bits per heavy atom. The van der Waals surface area contributed by atoms with Gasteiger partial charge in [-0.05, 0) is 29.8 Å². The van der Waals surface area contributed by atoms with Crippen molar-refractivity contribution < 1.29 is 0 Å². The van der Waals surface area contributed by atoms with Gasteiger partial charge in [-0.25, -0.2) is 0 Å². The molecular formula is C14H11BrClN3S. The van der Waals surface area contributed by atoms with Crippen molar-refractivity contribution in [3.63, 3.8) is 0 Å². The number of hydrogen-bond acceptors (Lipinski definition) is 3. The summed E-state index contributed by atoms with van der Waals surface area (Å²) >= 11 is 11.0. The van der Waals surface area contributed by atoms with Gasteiger partial charge in [-0.2, -0.15) is 5.10 Å². The maximum Gasteiger partial charge on any atom is 0.129 e. The molecule has 0 spiro atoms. The molecule has 2 aromatic heterocycles. The maximum absolute atomic E-state index is 6.18. The molecule has 2 heterocycles. The third-order valence-corrected chi connectivity index (χ3v) is 4.80. The lowest BCUT2D eigenvalue weighted by Gasteiger charge is -2.03. The minimum atomic E-state index is 0.645. The van der Waals surface area contributed by atoms with Crippen LogP contribution in [0.25, 0.3) is 21.7 Å². The number of anilines is 1. The molecule has 2 N–H and O–H groups in total.